The van der Waals surface area contributed by atoms with Crippen LogP contribution in [-0.2, 0) is 20.0 Å². The zero-order valence-corrected chi connectivity index (χ0v) is 16.4. The first-order valence-corrected chi connectivity index (χ1v) is 10.9. The van der Waals surface area contributed by atoms with Crippen molar-refractivity contribution in [2.24, 2.45) is 5.14 Å². The van der Waals surface area contributed by atoms with E-state index in [1.54, 1.807) is 0 Å². The Labute approximate surface area is 164 Å². The van der Waals surface area contributed by atoms with E-state index in [2.05, 4.69) is 14.8 Å². The maximum atomic E-state index is 12.5. The lowest BCUT2D eigenvalue weighted by Crippen LogP contribution is -2.15. The molecule has 0 spiro atoms. The van der Waals surface area contributed by atoms with Crippen LogP contribution in [0.5, 0.6) is 0 Å². The second kappa shape index (κ2) is 7.09. The third kappa shape index (κ3) is 4.39. The molecular formula is C14H11Cl2N5O4S2. The van der Waals surface area contributed by atoms with E-state index < -0.39 is 20.0 Å². The van der Waals surface area contributed by atoms with Crippen LogP contribution in [0, 0.1) is 0 Å². The summed E-state index contributed by atoms with van der Waals surface area (Å²) in [6.07, 6.45) is 3.96. The van der Waals surface area contributed by atoms with E-state index in [-0.39, 0.29) is 26.3 Å². The third-order valence-electron chi connectivity index (χ3n) is 3.28. The average molecular weight is 448 g/mol. The molecule has 3 aromatic rings. The summed E-state index contributed by atoms with van der Waals surface area (Å²) < 4.78 is 51.4. The smallest absolute Gasteiger partial charge is 0.262 e. The highest BCUT2D eigenvalue weighted by Crippen LogP contribution is 2.23. The largest absolute Gasteiger partial charge is 0.276 e. The van der Waals surface area contributed by atoms with Gasteiger partial charge in [0, 0.05) is 6.20 Å². The predicted octanol–water partition coefficient (Wildman–Crippen LogP) is 2.02. The van der Waals surface area contributed by atoms with Crippen molar-refractivity contribution in [3.8, 4) is 5.82 Å². The van der Waals surface area contributed by atoms with Crippen LogP contribution in [0.3, 0.4) is 0 Å². The highest BCUT2D eigenvalue weighted by Gasteiger charge is 2.19. The Balaban J connectivity index is 1.91. The summed E-state index contributed by atoms with van der Waals surface area (Å²) >= 11 is 11.8. The average Bonchev–Trinajstić information content (AvgIpc) is 3.01. The molecule has 9 nitrogen and oxygen atoms in total. The van der Waals surface area contributed by atoms with Gasteiger partial charge in [0.2, 0.25) is 10.0 Å². The fourth-order valence-corrected chi connectivity index (χ4v) is 4.27. The number of nitrogens with two attached hydrogens (primary N) is 1. The number of benzene rings is 1. The number of primary sulfonamides is 1. The van der Waals surface area contributed by atoms with Crippen LogP contribution in [0.25, 0.3) is 5.82 Å². The monoisotopic (exact) mass is 447 g/mol. The topological polar surface area (TPSA) is 137 Å². The van der Waals surface area contributed by atoms with Gasteiger partial charge in [-0.05, 0) is 24.3 Å². The fraction of sp³-hybridized carbons (Fsp3) is 0. The molecule has 0 saturated heterocycles. The van der Waals surface area contributed by atoms with Crippen LogP contribution >= 0.6 is 23.2 Å². The standard InChI is InChI=1S/C14H11Cl2N5O4S2/c15-9-4-13(16)14(18-6-9)21-8-10(7-19-21)20-27(24,25)12-3-1-2-11(5-12)26(17,22)23/h1-8,20H,(H2,17,22,23). The van der Waals surface area contributed by atoms with Gasteiger partial charge in [0.1, 0.15) is 0 Å². The lowest BCUT2D eigenvalue weighted by atomic mass is 10.4. The van der Waals surface area contributed by atoms with Crippen LogP contribution in [-0.4, -0.2) is 31.6 Å². The second-order valence-electron chi connectivity index (χ2n) is 5.26. The summed E-state index contributed by atoms with van der Waals surface area (Å²) in [5, 5.41) is 9.59. The molecule has 0 aliphatic carbocycles. The molecule has 3 rings (SSSR count). The van der Waals surface area contributed by atoms with Crippen molar-refractivity contribution in [3.63, 3.8) is 0 Å². The Morgan fingerprint density at radius 3 is 2.41 bits per heavy atom. The van der Waals surface area contributed by atoms with Crippen molar-refractivity contribution < 1.29 is 16.8 Å². The molecule has 2 aromatic heterocycles. The second-order valence-corrected chi connectivity index (χ2v) is 9.35. The van der Waals surface area contributed by atoms with E-state index in [1.807, 2.05) is 0 Å². The van der Waals surface area contributed by atoms with Crippen molar-refractivity contribution >= 4 is 48.9 Å². The molecule has 1 aromatic carbocycles. The Morgan fingerprint density at radius 2 is 1.74 bits per heavy atom. The van der Waals surface area contributed by atoms with Gasteiger partial charge in [-0.1, -0.05) is 29.3 Å². The molecule has 0 aliphatic rings. The van der Waals surface area contributed by atoms with Crippen LogP contribution in [0.1, 0.15) is 0 Å². The van der Waals surface area contributed by atoms with Crippen LogP contribution in [0.2, 0.25) is 10.0 Å². The summed E-state index contributed by atoms with van der Waals surface area (Å²) in [7, 11) is -8.12. The van der Waals surface area contributed by atoms with Gasteiger partial charge in [0.25, 0.3) is 10.0 Å². The third-order valence-corrected chi connectivity index (χ3v) is 6.06. The minimum atomic E-state index is -4.08. The van der Waals surface area contributed by atoms with E-state index >= 15 is 0 Å². The number of sulfonamides is 2. The van der Waals surface area contributed by atoms with E-state index in [0.29, 0.717) is 5.02 Å². The number of hydrogen-bond acceptors (Lipinski definition) is 6. The first kappa shape index (κ1) is 19.6. The molecule has 0 fully saturated rings. The van der Waals surface area contributed by atoms with Gasteiger partial charge in [-0.2, -0.15) is 5.10 Å². The number of aromatic nitrogens is 3. The lowest BCUT2D eigenvalue weighted by Gasteiger charge is -2.07. The quantitative estimate of drug-likeness (QED) is 0.613. The minimum Gasteiger partial charge on any atom is -0.276 e. The first-order chi connectivity index (χ1) is 12.6. The van der Waals surface area contributed by atoms with Crippen molar-refractivity contribution in [3.05, 3.63) is 59.0 Å². The number of halogens is 2. The molecule has 3 N–H and O–H groups in total. The zero-order valence-electron chi connectivity index (χ0n) is 13.2. The summed E-state index contributed by atoms with van der Waals surface area (Å²) in [4.78, 5) is 3.44. The molecule has 0 amide bonds. The van der Waals surface area contributed by atoms with Crippen molar-refractivity contribution in [2.45, 2.75) is 9.79 Å². The minimum absolute atomic E-state index is 0.115. The van der Waals surface area contributed by atoms with Gasteiger partial charge < -0.3 is 0 Å². The van der Waals surface area contributed by atoms with Crippen LogP contribution < -0.4 is 9.86 Å². The molecule has 0 radical (unpaired) electrons. The van der Waals surface area contributed by atoms with E-state index in [1.165, 1.54) is 47.5 Å². The van der Waals surface area contributed by atoms with Crippen LogP contribution in [0.4, 0.5) is 5.69 Å². The van der Waals surface area contributed by atoms with Gasteiger partial charge >= 0.3 is 0 Å². The summed E-state index contributed by atoms with van der Waals surface area (Å²) in [5.41, 5.74) is 0.115. The number of anilines is 1. The van der Waals surface area contributed by atoms with E-state index in [9.17, 15) is 16.8 Å². The molecule has 0 unspecified atom stereocenters. The van der Waals surface area contributed by atoms with Crippen molar-refractivity contribution in [1.29, 1.82) is 0 Å². The summed E-state index contributed by atoms with van der Waals surface area (Å²) in [6.45, 7) is 0. The molecule has 0 aliphatic heterocycles. The number of nitrogens with zero attached hydrogens (tertiary/aromatic N) is 3. The van der Waals surface area contributed by atoms with Crippen molar-refractivity contribution in [2.75, 3.05) is 4.72 Å². The number of pyridine rings is 1. The maximum absolute atomic E-state index is 12.5. The molecule has 0 saturated carbocycles. The molecule has 0 atom stereocenters. The Bertz CT molecular complexity index is 1230. The lowest BCUT2D eigenvalue weighted by molar-refractivity contribution is 0.597. The van der Waals surface area contributed by atoms with E-state index in [0.717, 1.165) is 6.07 Å². The molecular weight excluding hydrogens is 437 g/mol. The fourth-order valence-electron chi connectivity index (χ4n) is 2.10. The number of nitrogens with one attached hydrogen (secondary N) is 1. The molecule has 2 heterocycles. The number of hydrogen-bond donors (Lipinski definition) is 2. The SMILES string of the molecule is NS(=O)(=O)c1cccc(S(=O)(=O)Nc2cnn(-c3ncc(Cl)cc3Cl)c2)c1. The molecule has 142 valence electrons. The highest BCUT2D eigenvalue weighted by molar-refractivity contribution is 7.93. The van der Waals surface area contributed by atoms with E-state index in [4.69, 9.17) is 28.3 Å². The summed E-state index contributed by atoms with van der Waals surface area (Å²) in [6, 6.07) is 6.13. The maximum Gasteiger partial charge on any atom is 0.262 e. The summed E-state index contributed by atoms with van der Waals surface area (Å²) in [5.74, 6) is 0.253. The molecule has 13 heteroatoms. The molecule has 27 heavy (non-hydrogen) atoms. The van der Waals surface area contributed by atoms with Gasteiger partial charge in [0.05, 0.1) is 37.9 Å². The van der Waals surface area contributed by atoms with Crippen LogP contribution in [0.15, 0.2) is 58.7 Å². The Hall–Kier alpha value is -2.18. The first-order valence-electron chi connectivity index (χ1n) is 7.08. The zero-order chi connectivity index (χ0) is 19.8. The van der Waals surface area contributed by atoms with Crippen molar-refractivity contribution in [1.82, 2.24) is 14.8 Å². The molecule has 0 bridgehead atoms. The normalized spacial score (nSPS) is 12.1. The Kier molecular flexibility index (Phi) is 5.14. The highest BCUT2D eigenvalue weighted by atomic mass is 35.5. The van der Waals surface area contributed by atoms with Gasteiger partial charge in [-0.15, -0.1) is 0 Å². The Morgan fingerprint density at radius 1 is 1.04 bits per heavy atom. The number of rotatable bonds is 5. The van der Waals surface area contributed by atoms with Gasteiger partial charge in [0.15, 0.2) is 5.82 Å². The van der Waals surface area contributed by atoms with Gasteiger partial charge in [-0.3, -0.25) is 4.72 Å². The predicted molar refractivity (Wildman–Crippen MR) is 100 cm³/mol. The van der Waals surface area contributed by atoms with Gasteiger partial charge in [-0.25, -0.2) is 31.6 Å².